The first kappa shape index (κ1) is 11.6. The standard InChI is InChI=1S/C12H22N4/c1-10(2)15-4-6-16(7-5-15)12-13-8-11(3)9-14-12/h8,10-11H,4-7,9H2,1-3H3. The molecule has 90 valence electrons. The molecule has 0 aromatic heterocycles. The van der Waals surface area contributed by atoms with Crippen LogP contribution in [0.3, 0.4) is 0 Å². The van der Waals surface area contributed by atoms with Crippen molar-refractivity contribution in [1.29, 1.82) is 0 Å². The number of nitrogens with zero attached hydrogens (tertiary/aromatic N) is 4. The van der Waals surface area contributed by atoms with E-state index in [0.29, 0.717) is 12.0 Å². The summed E-state index contributed by atoms with van der Waals surface area (Å²) in [6, 6.07) is 0.652. The molecule has 0 amide bonds. The molecular formula is C12H22N4. The first-order valence-electron chi connectivity index (χ1n) is 6.24. The van der Waals surface area contributed by atoms with Crippen molar-refractivity contribution in [3.8, 4) is 0 Å². The number of aliphatic imine (C=N–C) groups is 2. The predicted octanol–water partition coefficient (Wildman–Crippen LogP) is 1.09. The molecule has 0 saturated carbocycles. The third-order valence-electron chi connectivity index (χ3n) is 3.29. The van der Waals surface area contributed by atoms with Crippen molar-refractivity contribution in [2.45, 2.75) is 26.8 Å². The van der Waals surface area contributed by atoms with Gasteiger partial charge in [0.05, 0.1) is 6.54 Å². The van der Waals surface area contributed by atoms with Gasteiger partial charge in [0.25, 0.3) is 0 Å². The molecule has 1 unspecified atom stereocenters. The zero-order valence-electron chi connectivity index (χ0n) is 10.6. The van der Waals surface area contributed by atoms with Crippen LogP contribution in [0.25, 0.3) is 0 Å². The zero-order chi connectivity index (χ0) is 11.5. The second-order valence-electron chi connectivity index (χ2n) is 5.01. The van der Waals surface area contributed by atoms with Gasteiger partial charge in [0.1, 0.15) is 0 Å². The van der Waals surface area contributed by atoms with Crippen molar-refractivity contribution in [3.05, 3.63) is 0 Å². The second-order valence-corrected chi connectivity index (χ2v) is 5.01. The molecule has 2 aliphatic rings. The first-order chi connectivity index (χ1) is 7.66. The normalized spacial score (nSPS) is 27.4. The minimum Gasteiger partial charge on any atom is -0.339 e. The molecule has 4 nitrogen and oxygen atoms in total. The van der Waals surface area contributed by atoms with Crippen molar-refractivity contribution >= 4 is 12.2 Å². The highest BCUT2D eigenvalue weighted by Crippen LogP contribution is 2.09. The highest BCUT2D eigenvalue weighted by Gasteiger charge is 2.21. The molecule has 0 aromatic carbocycles. The van der Waals surface area contributed by atoms with Gasteiger partial charge in [0.2, 0.25) is 5.96 Å². The Balaban J connectivity index is 1.88. The largest absolute Gasteiger partial charge is 0.339 e. The average Bonchev–Trinajstić information content (AvgIpc) is 2.30. The van der Waals surface area contributed by atoms with Crippen LogP contribution < -0.4 is 0 Å². The summed E-state index contributed by atoms with van der Waals surface area (Å²) in [5.41, 5.74) is 0. The minimum atomic E-state index is 0.501. The Hall–Kier alpha value is -0.900. The molecule has 4 heteroatoms. The third kappa shape index (κ3) is 2.61. The Morgan fingerprint density at radius 2 is 1.94 bits per heavy atom. The highest BCUT2D eigenvalue weighted by molar-refractivity contribution is 5.90. The summed E-state index contributed by atoms with van der Waals surface area (Å²) in [5, 5.41) is 0. The van der Waals surface area contributed by atoms with Crippen LogP contribution in [0.4, 0.5) is 0 Å². The highest BCUT2D eigenvalue weighted by atomic mass is 15.3. The van der Waals surface area contributed by atoms with Crippen molar-refractivity contribution in [2.24, 2.45) is 15.9 Å². The van der Waals surface area contributed by atoms with Gasteiger partial charge in [-0.25, -0.2) is 4.99 Å². The average molecular weight is 222 g/mol. The Morgan fingerprint density at radius 1 is 1.25 bits per heavy atom. The summed E-state index contributed by atoms with van der Waals surface area (Å²) >= 11 is 0. The minimum absolute atomic E-state index is 0.501. The van der Waals surface area contributed by atoms with Crippen molar-refractivity contribution < 1.29 is 0 Å². The molecule has 16 heavy (non-hydrogen) atoms. The van der Waals surface area contributed by atoms with E-state index in [2.05, 4.69) is 40.6 Å². The number of hydrogen-bond acceptors (Lipinski definition) is 4. The SMILES string of the molecule is CC1C=NC(N2CCN(C(C)C)CC2)=NC1. The fraction of sp³-hybridized carbons (Fsp3) is 0.833. The van der Waals surface area contributed by atoms with Gasteiger partial charge in [-0.1, -0.05) is 6.92 Å². The van der Waals surface area contributed by atoms with Crippen molar-refractivity contribution in [3.63, 3.8) is 0 Å². The van der Waals surface area contributed by atoms with Crippen LogP contribution in [-0.2, 0) is 0 Å². The van der Waals surface area contributed by atoms with Crippen molar-refractivity contribution in [2.75, 3.05) is 32.7 Å². The van der Waals surface area contributed by atoms with Crippen LogP contribution >= 0.6 is 0 Å². The zero-order valence-corrected chi connectivity index (χ0v) is 10.6. The summed E-state index contributed by atoms with van der Waals surface area (Å²) in [6.45, 7) is 11.9. The summed E-state index contributed by atoms with van der Waals surface area (Å²) in [5.74, 6) is 1.45. The number of hydrogen-bond donors (Lipinski definition) is 0. The van der Waals surface area contributed by atoms with Crippen molar-refractivity contribution in [1.82, 2.24) is 9.80 Å². The molecule has 2 rings (SSSR count). The summed E-state index contributed by atoms with van der Waals surface area (Å²) in [6.07, 6.45) is 2.02. The van der Waals surface area contributed by atoms with Gasteiger partial charge in [0, 0.05) is 44.4 Å². The lowest BCUT2D eigenvalue weighted by Crippen LogP contribution is -2.50. The Labute approximate surface area is 98.1 Å². The Kier molecular flexibility index (Phi) is 3.59. The third-order valence-corrected chi connectivity index (χ3v) is 3.29. The van der Waals surface area contributed by atoms with E-state index in [1.165, 1.54) is 0 Å². The Bertz CT molecular complexity index is 287. The molecule has 0 aliphatic carbocycles. The van der Waals surface area contributed by atoms with Crippen LogP contribution in [0.2, 0.25) is 0 Å². The van der Waals surface area contributed by atoms with E-state index >= 15 is 0 Å². The lowest BCUT2D eigenvalue weighted by atomic mass is 10.2. The van der Waals surface area contributed by atoms with Crippen LogP contribution in [0.5, 0.6) is 0 Å². The summed E-state index contributed by atoms with van der Waals surface area (Å²) in [4.78, 5) is 13.8. The summed E-state index contributed by atoms with van der Waals surface area (Å²) in [7, 11) is 0. The van der Waals surface area contributed by atoms with Gasteiger partial charge in [-0.3, -0.25) is 9.89 Å². The van der Waals surface area contributed by atoms with E-state index in [0.717, 1.165) is 38.7 Å². The lowest BCUT2D eigenvalue weighted by molar-refractivity contribution is 0.148. The smallest absolute Gasteiger partial charge is 0.220 e. The Morgan fingerprint density at radius 3 is 2.44 bits per heavy atom. The van der Waals surface area contributed by atoms with E-state index in [1.807, 2.05) is 6.21 Å². The van der Waals surface area contributed by atoms with E-state index in [4.69, 9.17) is 0 Å². The molecule has 2 heterocycles. The molecule has 2 aliphatic heterocycles. The van der Waals surface area contributed by atoms with Gasteiger partial charge < -0.3 is 4.90 Å². The fourth-order valence-corrected chi connectivity index (χ4v) is 2.13. The topological polar surface area (TPSA) is 31.2 Å². The molecule has 1 saturated heterocycles. The molecule has 0 aromatic rings. The van der Waals surface area contributed by atoms with Gasteiger partial charge in [-0.15, -0.1) is 0 Å². The van der Waals surface area contributed by atoms with Gasteiger partial charge >= 0.3 is 0 Å². The maximum absolute atomic E-state index is 4.53. The van der Waals surface area contributed by atoms with Crippen LogP contribution in [0.15, 0.2) is 9.98 Å². The summed E-state index contributed by atoms with van der Waals surface area (Å²) < 4.78 is 0. The van der Waals surface area contributed by atoms with E-state index in [9.17, 15) is 0 Å². The van der Waals surface area contributed by atoms with Gasteiger partial charge in [-0.05, 0) is 13.8 Å². The maximum atomic E-state index is 4.53. The number of rotatable bonds is 1. The molecule has 0 radical (unpaired) electrons. The monoisotopic (exact) mass is 222 g/mol. The second kappa shape index (κ2) is 4.95. The molecule has 1 atom stereocenters. The lowest BCUT2D eigenvalue weighted by Gasteiger charge is -2.37. The number of guanidine groups is 1. The van der Waals surface area contributed by atoms with Crippen LogP contribution in [0.1, 0.15) is 20.8 Å². The van der Waals surface area contributed by atoms with E-state index < -0.39 is 0 Å². The van der Waals surface area contributed by atoms with E-state index in [1.54, 1.807) is 0 Å². The first-order valence-corrected chi connectivity index (χ1v) is 6.24. The molecule has 0 spiro atoms. The molecule has 0 N–H and O–H groups in total. The predicted molar refractivity (Wildman–Crippen MR) is 68.2 cm³/mol. The molecule has 1 fully saturated rings. The molecule has 0 bridgehead atoms. The maximum Gasteiger partial charge on any atom is 0.220 e. The van der Waals surface area contributed by atoms with Gasteiger partial charge in [0.15, 0.2) is 0 Å². The number of piperazine rings is 1. The van der Waals surface area contributed by atoms with Gasteiger partial charge in [-0.2, -0.15) is 0 Å². The van der Waals surface area contributed by atoms with Crippen LogP contribution in [-0.4, -0.2) is 60.7 Å². The quantitative estimate of drug-likeness (QED) is 0.665. The fourth-order valence-electron chi connectivity index (χ4n) is 2.13. The van der Waals surface area contributed by atoms with Crippen LogP contribution in [0, 0.1) is 5.92 Å². The van der Waals surface area contributed by atoms with E-state index in [-0.39, 0.29) is 0 Å². The molecular weight excluding hydrogens is 200 g/mol.